The van der Waals surface area contributed by atoms with Crippen LogP contribution in [0.15, 0.2) is 9.00 Å². The summed E-state index contributed by atoms with van der Waals surface area (Å²) in [6, 6.07) is 0. The van der Waals surface area contributed by atoms with Gasteiger partial charge in [0.2, 0.25) is 0 Å². The second-order valence-electron chi connectivity index (χ2n) is 3.67. The largest absolute Gasteiger partial charge is 0.315 e. The van der Waals surface area contributed by atoms with Gasteiger partial charge in [-0.15, -0.1) is 0 Å². The highest BCUT2D eigenvalue weighted by Gasteiger charge is 2.20. The van der Waals surface area contributed by atoms with E-state index in [-0.39, 0.29) is 15.0 Å². The Morgan fingerprint density at radius 3 is 2.47 bits per heavy atom. The fourth-order valence-corrected chi connectivity index (χ4v) is 3.55. The van der Waals surface area contributed by atoms with Gasteiger partial charge in [0.05, 0.1) is 0 Å². The highest BCUT2D eigenvalue weighted by Crippen LogP contribution is 2.15. The summed E-state index contributed by atoms with van der Waals surface area (Å²) in [5.41, 5.74) is 0.390. The SMILES string of the molecule is Cc1[nH]c(=O)sc1S(=O)(=O)NCC(C)C. The van der Waals surface area contributed by atoms with Crippen molar-refractivity contribution in [2.75, 3.05) is 6.54 Å². The molecule has 0 aromatic carbocycles. The fraction of sp³-hybridized carbons (Fsp3) is 0.625. The molecule has 0 aliphatic heterocycles. The standard InChI is InChI=1S/C8H14N2O3S2/c1-5(2)4-9-15(12,13)7-6(3)10-8(11)14-7/h5,9H,4H2,1-3H3,(H,10,11). The van der Waals surface area contributed by atoms with E-state index in [1.54, 1.807) is 6.92 Å². The predicted molar refractivity (Wildman–Crippen MR) is 59.7 cm³/mol. The molecule has 0 radical (unpaired) electrons. The maximum Gasteiger partial charge on any atom is 0.305 e. The van der Waals surface area contributed by atoms with Gasteiger partial charge in [-0.05, 0) is 12.8 Å². The third kappa shape index (κ3) is 3.15. The first kappa shape index (κ1) is 12.4. The second kappa shape index (κ2) is 4.46. The number of H-pyrrole nitrogens is 1. The topological polar surface area (TPSA) is 79.0 Å². The summed E-state index contributed by atoms with van der Waals surface area (Å²) in [6.45, 7) is 5.76. The van der Waals surface area contributed by atoms with Gasteiger partial charge in [-0.1, -0.05) is 25.2 Å². The van der Waals surface area contributed by atoms with Crippen molar-refractivity contribution >= 4 is 21.4 Å². The molecule has 0 aliphatic carbocycles. The van der Waals surface area contributed by atoms with Gasteiger partial charge in [0, 0.05) is 12.2 Å². The van der Waals surface area contributed by atoms with Gasteiger partial charge in [0.15, 0.2) is 4.21 Å². The molecule has 0 saturated carbocycles. The zero-order valence-corrected chi connectivity index (χ0v) is 10.5. The number of aryl methyl sites for hydroxylation is 1. The number of rotatable bonds is 4. The molecular weight excluding hydrogens is 236 g/mol. The molecule has 2 N–H and O–H groups in total. The van der Waals surface area contributed by atoms with E-state index in [1.165, 1.54) is 0 Å². The molecule has 0 atom stereocenters. The van der Waals surface area contributed by atoms with Crippen LogP contribution < -0.4 is 9.60 Å². The Kier molecular flexibility index (Phi) is 3.69. The van der Waals surface area contributed by atoms with E-state index >= 15 is 0 Å². The van der Waals surface area contributed by atoms with Gasteiger partial charge >= 0.3 is 4.87 Å². The van der Waals surface area contributed by atoms with Crippen LogP contribution in [0.5, 0.6) is 0 Å². The molecule has 0 saturated heterocycles. The molecular formula is C8H14N2O3S2. The monoisotopic (exact) mass is 250 g/mol. The zero-order valence-electron chi connectivity index (χ0n) is 8.83. The van der Waals surface area contributed by atoms with Gasteiger partial charge in [0.25, 0.3) is 10.0 Å². The van der Waals surface area contributed by atoms with E-state index < -0.39 is 10.0 Å². The normalized spacial score (nSPS) is 12.3. The van der Waals surface area contributed by atoms with Gasteiger partial charge in [-0.3, -0.25) is 4.79 Å². The molecule has 1 aromatic rings. The Bertz CT molecular complexity index is 484. The number of nitrogens with one attached hydrogen (secondary N) is 2. The summed E-state index contributed by atoms with van der Waals surface area (Å²) >= 11 is 0.711. The van der Waals surface area contributed by atoms with Crippen LogP contribution in [0.1, 0.15) is 19.5 Å². The van der Waals surface area contributed by atoms with Crippen LogP contribution in [-0.2, 0) is 10.0 Å². The first-order chi connectivity index (χ1) is 6.83. The second-order valence-corrected chi connectivity index (χ2v) is 6.62. The van der Waals surface area contributed by atoms with Crippen molar-refractivity contribution in [3.63, 3.8) is 0 Å². The Balaban J connectivity index is 2.96. The van der Waals surface area contributed by atoms with Crippen LogP contribution in [0.2, 0.25) is 0 Å². The predicted octanol–water partition coefficient (Wildman–Crippen LogP) is 0.679. The summed E-state index contributed by atoms with van der Waals surface area (Å²) in [5.74, 6) is 0.232. The molecule has 7 heteroatoms. The van der Waals surface area contributed by atoms with Crippen molar-refractivity contribution in [2.24, 2.45) is 5.92 Å². The van der Waals surface area contributed by atoms with Gasteiger partial charge < -0.3 is 4.98 Å². The number of aromatic amines is 1. The average molecular weight is 250 g/mol. The highest BCUT2D eigenvalue weighted by molar-refractivity contribution is 7.91. The lowest BCUT2D eigenvalue weighted by Crippen LogP contribution is -2.27. The number of aromatic nitrogens is 1. The molecule has 0 amide bonds. The third-order valence-corrected chi connectivity index (χ3v) is 4.74. The number of hydrogen-bond acceptors (Lipinski definition) is 4. The van der Waals surface area contributed by atoms with Crippen molar-refractivity contribution in [2.45, 2.75) is 25.0 Å². The summed E-state index contributed by atoms with van der Waals surface area (Å²) in [7, 11) is -3.53. The maximum absolute atomic E-state index is 11.7. The van der Waals surface area contributed by atoms with Crippen molar-refractivity contribution < 1.29 is 8.42 Å². The van der Waals surface area contributed by atoms with Crippen LogP contribution in [0.4, 0.5) is 0 Å². The number of hydrogen-bond donors (Lipinski definition) is 2. The number of thiazole rings is 1. The Morgan fingerprint density at radius 1 is 1.47 bits per heavy atom. The minimum atomic E-state index is -3.53. The van der Waals surface area contributed by atoms with Crippen LogP contribution in [-0.4, -0.2) is 19.9 Å². The van der Waals surface area contributed by atoms with Crippen molar-refractivity contribution in [1.82, 2.24) is 9.71 Å². The average Bonchev–Trinajstić information content (AvgIpc) is 2.43. The third-order valence-electron chi connectivity index (χ3n) is 1.71. The van der Waals surface area contributed by atoms with Crippen LogP contribution in [0.25, 0.3) is 0 Å². The first-order valence-electron chi connectivity index (χ1n) is 4.52. The molecule has 0 unspecified atom stereocenters. The fourth-order valence-electron chi connectivity index (χ4n) is 0.989. The van der Waals surface area contributed by atoms with E-state index in [2.05, 4.69) is 9.71 Å². The van der Waals surface area contributed by atoms with Crippen molar-refractivity contribution in [1.29, 1.82) is 0 Å². The van der Waals surface area contributed by atoms with Gasteiger partial charge in [-0.2, -0.15) is 0 Å². The van der Waals surface area contributed by atoms with E-state index in [0.717, 1.165) is 0 Å². The number of sulfonamides is 1. The lowest BCUT2D eigenvalue weighted by Gasteiger charge is -2.07. The molecule has 1 rings (SSSR count). The minimum Gasteiger partial charge on any atom is -0.315 e. The molecule has 15 heavy (non-hydrogen) atoms. The summed E-state index contributed by atoms with van der Waals surface area (Å²) in [6.07, 6.45) is 0. The van der Waals surface area contributed by atoms with Crippen molar-refractivity contribution in [3.05, 3.63) is 15.4 Å². The first-order valence-corrected chi connectivity index (χ1v) is 6.82. The Morgan fingerprint density at radius 2 is 2.07 bits per heavy atom. The lowest BCUT2D eigenvalue weighted by molar-refractivity contribution is 0.561. The molecule has 86 valence electrons. The Hall–Kier alpha value is -0.660. The maximum atomic E-state index is 11.7. The summed E-state index contributed by atoms with van der Waals surface area (Å²) in [4.78, 5) is 13.1. The molecule has 1 heterocycles. The zero-order chi connectivity index (χ0) is 11.6. The Labute approximate surface area is 92.6 Å². The van der Waals surface area contributed by atoms with Crippen molar-refractivity contribution in [3.8, 4) is 0 Å². The molecule has 0 fully saturated rings. The van der Waals surface area contributed by atoms with E-state index in [4.69, 9.17) is 0 Å². The van der Waals surface area contributed by atoms with Crippen LogP contribution >= 0.6 is 11.3 Å². The molecule has 5 nitrogen and oxygen atoms in total. The van der Waals surface area contributed by atoms with Crippen LogP contribution in [0.3, 0.4) is 0 Å². The van der Waals surface area contributed by atoms with Gasteiger partial charge in [-0.25, -0.2) is 13.1 Å². The van der Waals surface area contributed by atoms with Gasteiger partial charge in [0.1, 0.15) is 0 Å². The molecule has 0 aliphatic rings. The van der Waals surface area contributed by atoms with E-state index in [1.807, 2.05) is 13.8 Å². The quantitative estimate of drug-likeness (QED) is 0.824. The molecule has 1 aromatic heterocycles. The molecule has 0 spiro atoms. The molecule has 0 bridgehead atoms. The summed E-state index contributed by atoms with van der Waals surface area (Å²) < 4.78 is 26.0. The minimum absolute atomic E-state index is 0.0770. The highest BCUT2D eigenvalue weighted by atomic mass is 32.2. The van der Waals surface area contributed by atoms with E-state index in [0.29, 0.717) is 23.6 Å². The summed E-state index contributed by atoms with van der Waals surface area (Å²) in [5, 5.41) is 0. The van der Waals surface area contributed by atoms with E-state index in [9.17, 15) is 13.2 Å². The lowest BCUT2D eigenvalue weighted by atomic mass is 10.2. The smallest absolute Gasteiger partial charge is 0.305 e. The van der Waals surface area contributed by atoms with Crippen LogP contribution in [0, 0.1) is 12.8 Å².